The van der Waals surface area contributed by atoms with Gasteiger partial charge in [-0.3, -0.25) is 14.5 Å². The Morgan fingerprint density at radius 1 is 1.19 bits per heavy atom. The lowest BCUT2D eigenvalue weighted by Crippen LogP contribution is -2.37. The van der Waals surface area contributed by atoms with E-state index in [1.165, 1.54) is 18.2 Å². The molecule has 5 nitrogen and oxygen atoms in total. The van der Waals surface area contributed by atoms with Crippen molar-refractivity contribution in [2.24, 2.45) is 5.92 Å². The van der Waals surface area contributed by atoms with E-state index in [9.17, 15) is 14.4 Å². The molecule has 0 N–H and O–H groups in total. The predicted molar refractivity (Wildman–Crippen MR) is 80.5 cm³/mol. The Bertz CT molecular complexity index is 596. The van der Waals surface area contributed by atoms with Crippen LogP contribution in [0.15, 0.2) is 18.2 Å². The van der Waals surface area contributed by atoms with Gasteiger partial charge in [-0.2, -0.15) is 0 Å². The summed E-state index contributed by atoms with van der Waals surface area (Å²) in [5.41, 5.74) is 0.266. The molecule has 1 aliphatic heterocycles. The number of rotatable bonds is 3. The van der Waals surface area contributed by atoms with Crippen LogP contribution < -0.4 is 4.90 Å². The van der Waals surface area contributed by atoms with E-state index < -0.39 is 11.9 Å². The van der Waals surface area contributed by atoms with Crippen LogP contribution in [-0.4, -0.2) is 29.3 Å². The van der Waals surface area contributed by atoms with Crippen LogP contribution in [0, 0.1) is 5.92 Å². The fraction of sp³-hybridized carbons (Fsp3) is 0.357. The second-order valence-corrected chi connectivity index (χ2v) is 6.09. The van der Waals surface area contributed by atoms with Crippen molar-refractivity contribution in [1.29, 1.82) is 0 Å². The number of carbonyl (C=O) groups is 3. The van der Waals surface area contributed by atoms with Gasteiger partial charge in [0.1, 0.15) is 6.54 Å². The van der Waals surface area contributed by atoms with Crippen LogP contribution >= 0.6 is 23.2 Å². The molecule has 1 aliphatic rings. The Hall–Kier alpha value is -1.59. The summed E-state index contributed by atoms with van der Waals surface area (Å²) in [7, 11) is 0. The van der Waals surface area contributed by atoms with E-state index >= 15 is 0 Å². The summed E-state index contributed by atoms with van der Waals surface area (Å²) in [6.07, 6.45) is 0.211. The van der Waals surface area contributed by atoms with Crippen molar-refractivity contribution in [1.82, 2.24) is 4.90 Å². The normalized spacial score (nSPS) is 15.3. The van der Waals surface area contributed by atoms with Gasteiger partial charge in [0.2, 0.25) is 5.91 Å². The van der Waals surface area contributed by atoms with E-state index in [-0.39, 0.29) is 30.5 Å². The van der Waals surface area contributed by atoms with E-state index in [4.69, 9.17) is 23.2 Å². The lowest BCUT2D eigenvalue weighted by molar-refractivity contribution is -0.130. The summed E-state index contributed by atoms with van der Waals surface area (Å²) in [6, 6.07) is 3.75. The molecule has 4 amide bonds. The largest absolute Gasteiger partial charge is 0.338 e. The second kappa shape index (κ2) is 6.03. The number of amides is 4. The molecule has 0 unspecified atom stereocenters. The lowest BCUT2D eigenvalue weighted by Gasteiger charge is -2.17. The molecular weight excluding hydrogens is 315 g/mol. The number of halogens is 2. The number of hydrogen-bond donors (Lipinski definition) is 0. The van der Waals surface area contributed by atoms with Crippen LogP contribution in [0.3, 0.4) is 0 Å². The zero-order valence-electron chi connectivity index (χ0n) is 11.6. The number of hydrogen-bond acceptors (Lipinski definition) is 3. The number of carbonyl (C=O) groups excluding carboxylic acids is 3. The maximum absolute atomic E-state index is 12.3. The third kappa shape index (κ3) is 3.36. The first-order valence-electron chi connectivity index (χ1n) is 6.43. The van der Waals surface area contributed by atoms with Gasteiger partial charge in [0.05, 0.1) is 5.69 Å². The minimum Gasteiger partial charge on any atom is -0.274 e. The van der Waals surface area contributed by atoms with Crippen LogP contribution in [0.1, 0.15) is 20.3 Å². The van der Waals surface area contributed by atoms with Crippen molar-refractivity contribution in [2.75, 3.05) is 11.4 Å². The van der Waals surface area contributed by atoms with Crippen molar-refractivity contribution in [3.05, 3.63) is 28.2 Å². The summed E-state index contributed by atoms with van der Waals surface area (Å²) < 4.78 is 0. The Morgan fingerprint density at radius 3 is 2.29 bits per heavy atom. The molecule has 0 radical (unpaired) electrons. The van der Waals surface area contributed by atoms with E-state index in [1.807, 2.05) is 13.8 Å². The first-order valence-corrected chi connectivity index (χ1v) is 7.18. The molecule has 0 spiro atoms. The monoisotopic (exact) mass is 328 g/mol. The molecule has 112 valence electrons. The van der Waals surface area contributed by atoms with Crippen molar-refractivity contribution >= 4 is 46.7 Å². The van der Waals surface area contributed by atoms with Crippen LogP contribution in [0.4, 0.5) is 10.5 Å². The molecule has 7 heteroatoms. The van der Waals surface area contributed by atoms with Crippen molar-refractivity contribution in [3.8, 4) is 0 Å². The molecule has 1 fully saturated rings. The summed E-state index contributed by atoms with van der Waals surface area (Å²) >= 11 is 11.8. The van der Waals surface area contributed by atoms with Crippen LogP contribution in [-0.2, 0) is 9.59 Å². The number of nitrogens with zero attached hydrogens (tertiary/aromatic N) is 2. The number of urea groups is 1. The second-order valence-electron chi connectivity index (χ2n) is 5.22. The highest BCUT2D eigenvalue weighted by molar-refractivity contribution is 6.35. The minimum atomic E-state index is -0.663. The van der Waals surface area contributed by atoms with Gasteiger partial charge in [-0.25, -0.2) is 9.69 Å². The average Bonchev–Trinajstić information content (AvgIpc) is 2.62. The number of anilines is 1. The maximum Gasteiger partial charge on any atom is 0.338 e. The van der Waals surface area contributed by atoms with Gasteiger partial charge in [-0.15, -0.1) is 0 Å². The summed E-state index contributed by atoms with van der Waals surface area (Å²) in [5.74, 6) is -0.732. The molecule has 0 aromatic heterocycles. The Morgan fingerprint density at radius 2 is 1.76 bits per heavy atom. The number of benzene rings is 1. The first kappa shape index (κ1) is 15.8. The molecule has 0 atom stereocenters. The quantitative estimate of drug-likeness (QED) is 0.799. The molecule has 2 rings (SSSR count). The molecule has 21 heavy (non-hydrogen) atoms. The average molecular weight is 329 g/mol. The SMILES string of the molecule is CC(C)CC(=O)N1CC(=O)N(c2cc(Cl)cc(Cl)c2)C1=O. The van der Waals surface area contributed by atoms with Crippen molar-refractivity contribution in [3.63, 3.8) is 0 Å². The van der Waals surface area contributed by atoms with Crippen molar-refractivity contribution in [2.45, 2.75) is 20.3 Å². The van der Waals surface area contributed by atoms with Gasteiger partial charge in [0, 0.05) is 16.5 Å². The lowest BCUT2D eigenvalue weighted by atomic mass is 10.1. The van der Waals surface area contributed by atoms with Gasteiger partial charge < -0.3 is 0 Å². The highest BCUT2D eigenvalue weighted by atomic mass is 35.5. The zero-order valence-corrected chi connectivity index (χ0v) is 13.1. The predicted octanol–water partition coefficient (Wildman–Crippen LogP) is 3.33. The zero-order chi connectivity index (χ0) is 15.7. The minimum absolute atomic E-state index is 0.107. The molecule has 1 saturated heterocycles. The fourth-order valence-electron chi connectivity index (χ4n) is 2.08. The van der Waals surface area contributed by atoms with Gasteiger partial charge in [-0.1, -0.05) is 37.0 Å². The van der Waals surface area contributed by atoms with Gasteiger partial charge in [0.25, 0.3) is 5.91 Å². The first-order chi connectivity index (χ1) is 9.79. The highest BCUT2D eigenvalue weighted by Crippen LogP contribution is 2.28. The highest BCUT2D eigenvalue weighted by Gasteiger charge is 2.40. The molecule has 0 aliphatic carbocycles. The topological polar surface area (TPSA) is 57.7 Å². The molecular formula is C14H14Cl2N2O3. The standard InChI is InChI=1S/C14H14Cl2N2O3/c1-8(2)3-12(19)17-7-13(20)18(14(17)21)11-5-9(15)4-10(16)6-11/h4-6,8H,3,7H2,1-2H3. The third-order valence-corrected chi connectivity index (χ3v) is 3.39. The van der Waals surface area contributed by atoms with Gasteiger partial charge >= 0.3 is 6.03 Å². The number of imide groups is 2. The van der Waals surface area contributed by atoms with E-state index in [2.05, 4.69) is 0 Å². The fourth-order valence-corrected chi connectivity index (χ4v) is 2.59. The van der Waals surface area contributed by atoms with Crippen LogP contribution in [0.25, 0.3) is 0 Å². The van der Waals surface area contributed by atoms with Gasteiger partial charge in [0.15, 0.2) is 0 Å². The van der Waals surface area contributed by atoms with Gasteiger partial charge in [-0.05, 0) is 24.1 Å². The van der Waals surface area contributed by atoms with E-state index in [0.717, 1.165) is 9.80 Å². The van der Waals surface area contributed by atoms with Crippen LogP contribution in [0.2, 0.25) is 10.0 Å². The summed E-state index contributed by atoms with van der Waals surface area (Å²) in [5, 5.41) is 0.620. The van der Waals surface area contributed by atoms with E-state index in [1.54, 1.807) is 0 Å². The van der Waals surface area contributed by atoms with E-state index in [0.29, 0.717) is 10.0 Å². The Balaban J connectivity index is 2.28. The molecule has 1 aromatic rings. The smallest absolute Gasteiger partial charge is 0.274 e. The summed E-state index contributed by atoms with van der Waals surface area (Å²) in [6.45, 7) is 3.48. The third-order valence-electron chi connectivity index (χ3n) is 2.95. The molecule has 0 bridgehead atoms. The molecule has 1 heterocycles. The Labute approximate surface area is 132 Å². The van der Waals surface area contributed by atoms with Crippen molar-refractivity contribution < 1.29 is 14.4 Å². The molecule has 0 saturated carbocycles. The maximum atomic E-state index is 12.3. The Kier molecular flexibility index (Phi) is 4.54. The molecule has 1 aromatic carbocycles. The van der Waals surface area contributed by atoms with Crippen LogP contribution in [0.5, 0.6) is 0 Å². The summed E-state index contributed by atoms with van der Waals surface area (Å²) in [4.78, 5) is 38.2.